The summed E-state index contributed by atoms with van der Waals surface area (Å²) < 4.78 is 5.13. The zero-order valence-electron chi connectivity index (χ0n) is 17.2. The third kappa shape index (κ3) is 3.16. The van der Waals surface area contributed by atoms with E-state index in [4.69, 9.17) is 14.7 Å². The number of hydrogen-bond acceptors (Lipinski definition) is 5. The molecule has 0 saturated heterocycles. The minimum Gasteiger partial charge on any atom is -0.481 e. The van der Waals surface area contributed by atoms with Gasteiger partial charge in [0.05, 0.1) is 29.2 Å². The van der Waals surface area contributed by atoms with E-state index in [1.165, 1.54) is 0 Å². The predicted octanol–water partition coefficient (Wildman–Crippen LogP) is 5.24. The normalized spacial score (nSPS) is 11.3. The van der Waals surface area contributed by atoms with Gasteiger partial charge in [-0.05, 0) is 53.6 Å². The van der Waals surface area contributed by atoms with Crippen LogP contribution in [-0.4, -0.2) is 37.0 Å². The number of fused-ring (bicyclic) bond motifs is 2. The topological polar surface area (TPSA) is 92.4 Å². The molecule has 6 aromatic rings. The lowest BCUT2D eigenvalue weighted by Crippen LogP contribution is -1.87. The van der Waals surface area contributed by atoms with Gasteiger partial charge in [-0.15, -0.1) is 0 Å². The fraction of sp³-hybridized carbons (Fsp3) is 0.0400. The van der Waals surface area contributed by atoms with Crippen molar-refractivity contribution in [3.8, 4) is 39.8 Å². The van der Waals surface area contributed by atoms with E-state index >= 15 is 0 Å². The van der Waals surface area contributed by atoms with Crippen LogP contribution in [0.5, 0.6) is 5.88 Å². The third-order valence-corrected chi connectivity index (χ3v) is 5.45. The number of hydrogen-bond donors (Lipinski definition) is 2. The average Bonchev–Trinajstić information content (AvgIpc) is 3.48. The van der Waals surface area contributed by atoms with E-state index in [0.29, 0.717) is 5.88 Å². The quantitative estimate of drug-likeness (QED) is 0.408. The standard InChI is InChI=1S/C25H18N6O/c1-32-23-9-6-18(14-27-23)25-29-20-8-5-16(12-22(20)31-25)15-4-7-19-21(11-15)30-24(28-19)17-3-2-10-26-13-17/h2-14H,1H3,(H,28,30)(H,29,31). The number of H-pyrrole nitrogens is 2. The minimum absolute atomic E-state index is 0.577. The first-order chi connectivity index (χ1) is 15.8. The van der Waals surface area contributed by atoms with Crippen LogP contribution in [0.3, 0.4) is 0 Å². The van der Waals surface area contributed by atoms with Gasteiger partial charge < -0.3 is 14.7 Å². The molecule has 0 amide bonds. The van der Waals surface area contributed by atoms with Gasteiger partial charge in [0.15, 0.2) is 0 Å². The molecule has 0 unspecified atom stereocenters. The summed E-state index contributed by atoms with van der Waals surface area (Å²) in [6, 6.07) is 20.1. The summed E-state index contributed by atoms with van der Waals surface area (Å²) in [6.07, 6.45) is 5.32. The monoisotopic (exact) mass is 418 g/mol. The number of aromatic amines is 2. The van der Waals surface area contributed by atoms with Crippen LogP contribution in [-0.2, 0) is 0 Å². The maximum absolute atomic E-state index is 5.13. The van der Waals surface area contributed by atoms with Gasteiger partial charge in [0.25, 0.3) is 0 Å². The van der Waals surface area contributed by atoms with Gasteiger partial charge >= 0.3 is 0 Å². The Labute approximate surface area is 183 Å². The van der Waals surface area contributed by atoms with Crippen LogP contribution in [0.25, 0.3) is 56.0 Å². The number of ether oxygens (including phenoxy) is 1. The van der Waals surface area contributed by atoms with Crippen LogP contribution < -0.4 is 4.74 Å². The number of benzene rings is 2. The smallest absolute Gasteiger partial charge is 0.212 e. The first kappa shape index (κ1) is 18.3. The molecule has 0 atom stereocenters. The van der Waals surface area contributed by atoms with Crippen LogP contribution in [0.15, 0.2) is 79.3 Å². The summed E-state index contributed by atoms with van der Waals surface area (Å²) in [7, 11) is 1.60. The Balaban J connectivity index is 1.36. The van der Waals surface area contributed by atoms with Crippen molar-refractivity contribution in [2.75, 3.05) is 7.11 Å². The highest BCUT2D eigenvalue weighted by atomic mass is 16.5. The highest BCUT2D eigenvalue weighted by Gasteiger charge is 2.10. The van der Waals surface area contributed by atoms with Gasteiger partial charge in [-0.25, -0.2) is 15.0 Å². The molecule has 0 fully saturated rings. The average molecular weight is 418 g/mol. The van der Waals surface area contributed by atoms with E-state index in [9.17, 15) is 0 Å². The van der Waals surface area contributed by atoms with Crippen molar-refractivity contribution in [3.05, 3.63) is 79.3 Å². The first-order valence-electron chi connectivity index (χ1n) is 10.2. The number of nitrogens with one attached hydrogen (secondary N) is 2. The molecule has 0 spiro atoms. The number of imidazole rings is 2. The second-order valence-electron chi connectivity index (χ2n) is 7.47. The Morgan fingerprint density at radius 3 is 1.84 bits per heavy atom. The van der Waals surface area contributed by atoms with Gasteiger partial charge in [0.2, 0.25) is 5.88 Å². The van der Waals surface area contributed by atoms with Crippen molar-refractivity contribution in [2.45, 2.75) is 0 Å². The lowest BCUT2D eigenvalue weighted by atomic mass is 10.0. The van der Waals surface area contributed by atoms with Crippen molar-refractivity contribution in [2.24, 2.45) is 0 Å². The molecule has 7 nitrogen and oxygen atoms in total. The SMILES string of the molecule is COc1ccc(-c2nc3ccc(-c4ccc5nc(-c6cccnc6)[nH]c5c4)cc3[nH]2)cn1. The molecule has 32 heavy (non-hydrogen) atoms. The van der Waals surface area contributed by atoms with E-state index in [1.54, 1.807) is 25.7 Å². The molecule has 0 radical (unpaired) electrons. The van der Waals surface area contributed by atoms with E-state index in [1.807, 2.05) is 36.4 Å². The summed E-state index contributed by atoms with van der Waals surface area (Å²) in [5.41, 5.74) is 7.84. The molecule has 7 heteroatoms. The van der Waals surface area contributed by atoms with Crippen LogP contribution in [0.2, 0.25) is 0 Å². The van der Waals surface area contributed by atoms with Crippen LogP contribution in [0.4, 0.5) is 0 Å². The molecular formula is C25H18N6O. The molecule has 154 valence electrons. The summed E-state index contributed by atoms with van der Waals surface area (Å²) in [5.74, 6) is 2.16. The number of methoxy groups -OCH3 is 1. The molecule has 0 aliphatic carbocycles. The Morgan fingerprint density at radius 1 is 0.688 bits per heavy atom. The number of aromatic nitrogens is 6. The summed E-state index contributed by atoms with van der Waals surface area (Å²) in [6.45, 7) is 0. The number of nitrogens with zero attached hydrogens (tertiary/aromatic N) is 4. The van der Waals surface area contributed by atoms with Crippen LogP contribution >= 0.6 is 0 Å². The second kappa shape index (κ2) is 7.31. The highest BCUT2D eigenvalue weighted by molar-refractivity contribution is 5.88. The van der Waals surface area contributed by atoms with E-state index in [2.05, 4.69) is 44.2 Å². The minimum atomic E-state index is 0.577. The Hall–Kier alpha value is -4.52. The summed E-state index contributed by atoms with van der Waals surface area (Å²) in [4.78, 5) is 24.6. The number of pyridine rings is 2. The van der Waals surface area contributed by atoms with Gasteiger partial charge in [-0.2, -0.15) is 0 Å². The molecule has 0 bridgehead atoms. The highest BCUT2D eigenvalue weighted by Crippen LogP contribution is 2.29. The van der Waals surface area contributed by atoms with E-state index in [0.717, 1.165) is 56.0 Å². The Kier molecular flexibility index (Phi) is 4.18. The van der Waals surface area contributed by atoms with Crippen LogP contribution in [0, 0.1) is 0 Å². The maximum atomic E-state index is 5.13. The van der Waals surface area contributed by atoms with Crippen molar-refractivity contribution in [1.82, 2.24) is 29.9 Å². The molecule has 6 rings (SSSR count). The lowest BCUT2D eigenvalue weighted by molar-refractivity contribution is 0.398. The second-order valence-corrected chi connectivity index (χ2v) is 7.47. The Bertz CT molecular complexity index is 1550. The largest absolute Gasteiger partial charge is 0.481 e. The first-order valence-corrected chi connectivity index (χ1v) is 10.2. The molecule has 4 aromatic heterocycles. The Morgan fingerprint density at radius 2 is 1.31 bits per heavy atom. The zero-order valence-corrected chi connectivity index (χ0v) is 17.2. The van der Waals surface area contributed by atoms with Gasteiger partial charge in [0.1, 0.15) is 11.6 Å². The number of rotatable bonds is 4. The fourth-order valence-corrected chi connectivity index (χ4v) is 3.80. The van der Waals surface area contributed by atoms with Crippen LogP contribution in [0.1, 0.15) is 0 Å². The maximum Gasteiger partial charge on any atom is 0.212 e. The molecule has 0 saturated carbocycles. The molecular weight excluding hydrogens is 400 g/mol. The third-order valence-electron chi connectivity index (χ3n) is 5.45. The van der Waals surface area contributed by atoms with Crippen molar-refractivity contribution < 1.29 is 4.74 Å². The predicted molar refractivity (Wildman–Crippen MR) is 124 cm³/mol. The van der Waals surface area contributed by atoms with Crippen molar-refractivity contribution >= 4 is 22.1 Å². The molecule has 0 aliphatic heterocycles. The van der Waals surface area contributed by atoms with Gasteiger partial charge in [-0.3, -0.25) is 4.98 Å². The zero-order chi connectivity index (χ0) is 21.5. The van der Waals surface area contributed by atoms with Crippen molar-refractivity contribution in [1.29, 1.82) is 0 Å². The van der Waals surface area contributed by atoms with E-state index in [-0.39, 0.29) is 0 Å². The fourth-order valence-electron chi connectivity index (χ4n) is 3.80. The lowest BCUT2D eigenvalue weighted by Gasteiger charge is -2.01. The molecule has 2 N–H and O–H groups in total. The van der Waals surface area contributed by atoms with Crippen molar-refractivity contribution in [3.63, 3.8) is 0 Å². The molecule has 0 aliphatic rings. The molecule has 2 aromatic carbocycles. The summed E-state index contributed by atoms with van der Waals surface area (Å²) >= 11 is 0. The summed E-state index contributed by atoms with van der Waals surface area (Å²) in [5, 5.41) is 0. The van der Waals surface area contributed by atoms with Gasteiger partial charge in [0, 0.05) is 35.8 Å². The van der Waals surface area contributed by atoms with E-state index < -0.39 is 0 Å². The van der Waals surface area contributed by atoms with Gasteiger partial charge in [-0.1, -0.05) is 12.1 Å². The molecule has 4 heterocycles.